The normalized spacial score (nSPS) is 12.8. The number of fused-ring (bicyclic) bond motifs is 4. The number of benzene rings is 8. The Kier molecular flexibility index (Phi) is 20.6. The van der Waals surface area contributed by atoms with Crippen molar-refractivity contribution in [1.29, 1.82) is 10.5 Å². The van der Waals surface area contributed by atoms with Crippen LogP contribution in [0, 0.1) is 50.4 Å². The zero-order chi connectivity index (χ0) is 69.8. The third-order valence-electron chi connectivity index (χ3n) is 17.2. The van der Waals surface area contributed by atoms with Gasteiger partial charge >= 0.3 is 0 Å². The number of nitriles is 2. The molecule has 0 aliphatic carbocycles. The lowest BCUT2D eigenvalue weighted by molar-refractivity contribution is 0.0814. The number of ether oxygens (including phenoxy) is 4. The van der Waals surface area contributed by atoms with Crippen molar-refractivity contribution in [2.45, 2.75) is 128 Å². The zero-order valence-corrected chi connectivity index (χ0v) is 60.3. The summed E-state index contributed by atoms with van der Waals surface area (Å²) in [6.45, 7) is 22.9. The first-order chi connectivity index (χ1) is 46.7. The number of para-hydroxylation sites is 2. The SMILES string of the molecule is Cc1ccc(S(=O)(=O)n2ccc3c(C(O)c4nc5cc(C#N)ccc5n4COCC[Si](C)(C)C)c(COc4ccccc4)cc(C)c32)cc1.Cc1ccc(S(=O)(=O)n2ccc3c(C(O)c4nc5ccc(C#N)cc5n4COCC[Si](C)(C)C)c(COc4ccccc4)cc(C)c32)cc1. The van der Waals surface area contributed by atoms with Crippen molar-refractivity contribution in [3.63, 3.8) is 0 Å². The second-order valence-electron chi connectivity index (χ2n) is 27.0. The summed E-state index contributed by atoms with van der Waals surface area (Å²) in [6, 6.07) is 56.2. The zero-order valence-electron chi connectivity index (χ0n) is 56.7. The number of rotatable bonds is 24. The first-order valence-corrected chi connectivity index (χ1v) is 42.6. The summed E-state index contributed by atoms with van der Waals surface area (Å²) in [5.41, 5.74) is 10.0. The van der Waals surface area contributed by atoms with Crippen LogP contribution in [0.2, 0.25) is 51.4 Å². The van der Waals surface area contributed by atoms with Crippen LogP contribution in [-0.2, 0) is 56.2 Å². The molecule has 0 saturated heterocycles. The van der Waals surface area contributed by atoms with Gasteiger partial charge in [0.25, 0.3) is 20.0 Å². The van der Waals surface area contributed by atoms with Gasteiger partial charge in [-0.25, -0.2) is 34.7 Å². The summed E-state index contributed by atoms with van der Waals surface area (Å²) in [7, 11) is -10.6. The van der Waals surface area contributed by atoms with Crippen LogP contribution < -0.4 is 9.47 Å². The van der Waals surface area contributed by atoms with E-state index in [9.17, 15) is 37.6 Å². The van der Waals surface area contributed by atoms with E-state index in [1.807, 2.05) is 111 Å². The van der Waals surface area contributed by atoms with Crippen LogP contribution in [0.4, 0.5) is 0 Å². The van der Waals surface area contributed by atoms with E-state index in [1.165, 1.54) is 20.3 Å². The van der Waals surface area contributed by atoms with Crippen molar-refractivity contribution in [3.05, 3.63) is 250 Å². The van der Waals surface area contributed by atoms with Gasteiger partial charge in [0.2, 0.25) is 0 Å². The molecule has 0 aliphatic rings. The number of hydrogen-bond acceptors (Lipinski definition) is 14. The highest BCUT2D eigenvalue weighted by atomic mass is 32.2. The van der Waals surface area contributed by atoms with E-state index in [0.29, 0.717) is 125 Å². The molecule has 0 radical (unpaired) electrons. The van der Waals surface area contributed by atoms with Gasteiger partial charge in [-0.1, -0.05) is 123 Å². The van der Waals surface area contributed by atoms with Crippen molar-refractivity contribution in [2.24, 2.45) is 0 Å². The van der Waals surface area contributed by atoms with Gasteiger partial charge < -0.3 is 38.3 Å². The molecule has 2 unspecified atom stereocenters. The van der Waals surface area contributed by atoms with E-state index in [-0.39, 0.29) is 36.5 Å². The average molecular weight is 1390 g/mol. The lowest BCUT2D eigenvalue weighted by Crippen LogP contribution is -2.22. The fourth-order valence-corrected chi connectivity index (χ4v) is 16.3. The Hall–Kier alpha value is -9.47. The fraction of sp³-hybridized carbons (Fsp3) is 0.263. The van der Waals surface area contributed by atoms with E-state index in [4.69, 9.17) is 28.9 Å². The number of aromatic nitrogens is 6. The Morgan fingerprint density at radius 1 is 0.490 bits per heavy atom. The standard InChI is InChI=1S/2C38H40N4O5SSi/c1-26-11-14-31(15-12-26)48(44,45)42-18-17-32-35(29(21-27(2)36(32)42)24-47-30-9-7-6-8-10-30)37(43)38-40-33-22-28(23-39)13-16-34(33)41(38)25-46-19-20-49(3,4)5;1-26-11-14-31(15-12-26)48(44,45)42-18-17-32-35(29(21-27(2)36(32)42)24-47-30-9-7-6-8-10-30)37(43)38-40-33-16-13-28(23-39)22-34(33)41(38)25-46-19-20-49(3,4)5/h2*6-18,21-22,37,43H,19-20,24-25H2,1-5H3. The monoisotopic (exact) mass is 1380 g/mol. The molecule has 0 bridgehead atoms. The minimum Gasteiger partial charge on any atom is -0.489 e. The second kappa shape index (κ2) is 28.9. The van der Waals surface area contributed by atoms with Crippen molar-refractivity contribution in [3.8, 4) is 23.6 Å². The summed E-state index contributed by atoms with van der Waals surface area (Å²) >= 11 is 0. The third-order valence-corrected chi connectivity index (χ3v) is 24.0. The van der Waals surface area contributed by atoms with Gasteiger partial charge in [0.15, 0.2) is 0 Å². The highest BCUT2D eigenvalue weighted by Crippen LogP contribution is 2.40. The summed E-state index contributed by atoms with van der Waals surface area (Å²) in [4.78, 5) is 10.0. The Labute approximate surface area is 574 Å². The van der Waals surface area contributed by atoms with Crippen molar-refractivity contribution in [2.75, 3.05) is 13.2 Å². The summed E-state index contributed by atoms with van der Waals surface area (Å²) in [6.07, 6.45) is 0.474. The first kappa shape index (κ1) is 69.9. The van der Waals surface area contributed by atoms with Gasteiger partial charge in [-0.05, 0) is 159 Å². The maximum Gasteiger partial charge on any atom is 0.268 e. The number of aliphatic hydroxyl groups is 2. The molecule has 4 heterocycles. The lowest BCUT2D eigenvalue weighted by Gasteiger charge is -2.21. The van der Waals surface area contributed by atoms with Gasteiger partial charge in [0.05, 0.1) is 66.2 Å². The quantitative estimate of drug-likeness (QED) is 0.0423. The van der Waals surface area contributed by atoms with Crippen LogP contribution in [0.5, 0.6) is 11.5 Å². The highest BCUT2D eigenvalue weighted by molar-refractivity contribution is 7.90. The number of nitrogens with zero attached hydrogens (tertiary/aromatic N) is 8. The predicted molar refractivity (Wildman–Crippen MR) is 388 cm³/mol. The molecule has 12 aromatic rings. The Morgan fingerprint density at radius 3 is 1.33 bits per heavy atom. The Balaban J connectivity index is 0.000000198. The maximum atomic E-state index is 14.0. The van der Waals surface area contributed by atoms with Crippen LogP contribution >= 0.6 is 0 Å². The largest absolute Gasteiger partial charge is 0.489 e. The maximum absolute atomic E-state index is 14.0. The number of hydrogen-bond donors (Lipinski definition) is 2. The summed E-state index contributed by atoms with van der Waals surface area (Å²) in [5.74, 6) is 1.95. The fourth-order valence-electron chi connectivity index (χ4n) is 11.9. The molecule has 22 heteroatoms. The Morgan fingerprint density at radius 2 is 0.898 bits per heavy atom. The third kappa shape index (κ3) is 15.1. The summed E-state index contributed by atoms with van der Waals surface area (Å²) < 4.78 is 86.9. The van der Waals surface area contributed by atoms with Gasteiger partial charge in [0, 0.05) is 63.7 Å². The molecule has 2 atom stereocenters. The molecule has 504 valence electrons. The van der Waals surface area contributed by atoms with E-state index in [1.54, 1.807) is 95.6 Å². The first-order valence-electron chi connectivity index (χ1n) is 32.3. The molecule has 4 aromatic heterocycles. The van der Waals surface area contributed by atoms with Gasteiger partial charge in [0.1, 0.15) is 62.0 Å². The number of aliphatic hydroxyl groups excluding tert-OH is 2. The van der Waals surface area contributed by atoms with Gasteiger partial charge in [-0.15, -0.1) is 0 Å². The van der Waals surface area contributed by atoms with Crippen molar-refractivity contribution >= 4 is 80.1 Å². The minimum atomic E-state index is -3.96. The van der Waals surface area contributed by atoms with E-state index in [0.717, 1.165) is 23.2 Å². The van der Waals surface area contributed by atoms with Crippen LogP contribution in [0.1, 0.15) is 79.5 Å². The van der Waals surface area contributed by atoms with Gasteiger partial charge in [-0.3, -0.25) is 0 Å². The average Bonchev–Trinajstić information content (AvgIpc) is 1.55. The number of aryl methyl sites for hydroxylation is 4. The van der Waals surface area contributed by atoms with Crippen LogP contribution in [0.3, 0.4) is 0 Å². The molecule has 2 N–H and O–H groups in total. The van der Waals surface area contributed by atoms with Gasteiger partial charge in [-0.2, -0.15) is 10.5 Å². The molecule has 12 rings (SSSR count). The smallest absolute Gasteiger partial charge is 0.268 e. The molecular weight excluding hydrogens is 1310 g/mol. The minimum absolute atomic E-state index is 0.120. The van der Waals surface area contributed by atoms with Crippen LogP contribution in [0.15, 0.2) is 192 Å². The van der Waals surface area contributed by atoms with E-state index < -0.39 is 48.4 Å². The molecule has 0 fully saturated rings. The molecule has 8 aromatic carbocycles. The van der Waals surface area contributed by atoms with Crippen molar-refractivity contribution < 1.29 is 46.0 Å². The second-order valence-corrected chi connectivity index (χ2v) is 41.9. The predicted octanol–water partition coefficient (Wildman–Crippen LogP) is 15.4. The molecule has 18 nitrogen and oxygen atoms in total. The highest BCUT2D eigenvalue weighted by Gasteiger charge is 2.32. The van der Waals surface area contributed by atoms with E-state index >= 15 is 0 Å². The van der Waals surface area contributed by atoms with E-state index in [2.05, 4.69) is 51.4 Å². The molecular formula is C76H80N8O10S2Si2. The molecule has 0 saturated carbocycles. The lowest BCUT2D eigenvalue weighted by atomic mass is 9.95. The molecule has 98 heavy (non-hydrogen) atoms. The van der Waals surface area contributed by atoms with Crippen molar-refractivity contribution in [1.82, 2.24) is 27.0 Å². The molecule has 0 amide bonds. The molecule has 0 aliphatic heterocycles. The summed E-state index contributed by atoms with van der Waals surface area (Å²) in [5, 5.41) is 45.2. The van der Waals surface area contributed by atoms with Crippen LogP contribution in [0.25, 0.3) is 43.9 Å². The Bertz CT molecular complexity index is 5010. The molecule has 0 spiro atoms. The van der Waals surface area contributed by atoms with Crippen LogP contribution in [-0.4, -0.2) is 83.5 Å². The topological polar surface area (TPSA) is 239 Å². The number of imidazole rings is 2.